The number of carboxylic acid groups (broad SMARTS) is 1. The summed E-state index contributed by atoms with van der Waals surface area (Å²) in [6.07, 6.45) is 3.21. The zero-order valence-electron chi connectivity index (χ0n) is 10.6. The van der Waals surface area contributed by atoms with E-state index in [1.807, 2.05) is 0 Å². The number of aromatic nitrogens is 4. The Labute approximate surface area is 106 Å². The van der Waals surface area contributed by atoms with Crippen LogP contribution in [0.2, 0.25) is 0 Å². The standard InChI is InChI=1S/C11H19N5O2/c1-15-13-10(12-14-15)8-16-6-4-9(5-7-16)2-3-11(17)18/h9H,2-8H2,1H3,(H,17,18). The van der Waals surface area contributed by atoms with Crippen molar-refractivity contribution >= 4 is 5.97 Å². The second-order valence-electron chi connectivity index (χ2n) is 4.85. The summed E-state index contributed by atoms with van der Waals surface area (Å²) in [5, 5.41) is 20.6. The number of aliphatic carboxylic acids is 1. The molecule has 1 aromatic heterocycles. The molecule has 7 heteroatoms. The molecule has 0 aromatic carbocycles. The summed E-state index contributed by atoms with van der Waals surface area (Å²) in [5.41, 5.74) is 0. The van der Waals surface area contributed by atoms with E-state index in [0.29, 0.717) is 5.92 Å². The summed E-state index contributed by atoms with van der Waals surface area (Å²) < 4.78 is 0. The van der Waals surface area contributed by atoms with Crippen molar-refractivity contribution in [3.63, 3.8) is 0 Å². The number of rotatable bonds is 5. The molecule has 1 aliphatic heterocycles. The van der Waals surface area contributed by atoms with Gasteiger partial charge in [-0.1, -0.05) is 0 Å². The Hall–Kier alpha value is -1.50. The Morgan fingerprint density at radius 1 is 1.44 bits per heavy atom. The van der Waals surface area contributed by atoms with Crippen molar-refractivity contribution in [2.24, 2.45) is 13.0 Å². The average Bonchev–Trinajstić information content (AvgIpc) is 2.74. The highest BCUT2D eigenvalue weighted by atomic mass is 16.4. The Kier molecular flexibility index (Phi) is 4.24. The van der Waals surface area contributed by atoms with Crippen LogP contribution in [0.1, 0.15) is 31.5 Å². The van der Waals surface area contributed by atoms with E-state index in [-0.39, 0.29) is 6.42 Å². The van der Waals surface area contributed by atoms with Crippen molar-refractivity contribution in [3.8, 4) is 0 Å². The summed E-state index contributed by atoms with van der Waals surface area (Å²) in [5.74, 6) is 0.606. The fourth-order valence-corrected chi connectivity index (χ4v) is 2.35. The lowest BCUT2D eigenvalue weighted by molar-refractivity contribution is -0.137. The molecule has 2 heterocycles. The average molecular weight is 253 g/mol. The second-order valence-corrected chi connectivity index (χ2v) is 4.85. The van der Waals surface area contributed by atoms with Gasteiger partial charge in [0.15, 0.2) is 5.82 Å². The molecule has 1 N–H and O–H groups in total. The largest absolute Gasteiger partial charge is 0.481 e. The second kappa shape index (κ2) is 5.90. The van der Waals surface area contributed by atoms with Crippen LogP contribution in [0.4, 0.5) is 0 Å². The maximum absolute atomic E-state index is 10.5. The minimum absolute atomic E-state index is 0.288. The molecule has 1 aliphatic rings. The van der Waals surface area contributed by atoms with Crippen molar-refractivity contribution in [2.75, 3.05) is 13.1 Å². The van der Waals surface area contributed by atoms with Crippen LogP contribution >= 0.6 is 0 Å². The lowest BCUT2D eigenvalue weighted by Gasteiger charge is -2.30. The zero-order valence-corrected chi connectivity index (χ0v) is 10.6. The van der Waals surface area contributed by atoms with E-state index in [2.05, 4.69) is 20.3 Å². The van der Waals surface area contributed by atoms with Crippen molar-refractivity contribution < 1.29 is 9.90 Å². The minimum atomic E-state index is -0.693. The fourth-order valence-electron chi connectivity index (χ4n) is 2.35. The van der Waals surface area contributed by atoms with Crippen LogP contribution in [0.3, 0.4) is 0 Å². The Morgan fingerprint density at radius 3 is 2.72 bits per heavy atom. The molecule has 18 heavy (non-hydrogen) atoms. The topological polar surface area (TPSA) is 84.1 Å². The molecular formula is C11H19N5O2. The number of nitrogens with zero attached hydrogens (tertiary/aromatic N) is 5. The maximum atomic E-state index is 10.5. The Bertz CT molecular complexity index is 398. The molecule has 0 saturated carbocycles. The third-order valence-corrected chi connectivity index (χ3v) is 3.39. The number of carboxylic acids is 1. The zero-order chi connectivity index (χ0) is 13.0. The molecule has 1 aromatic rings. The van der Waals surface area contributed by atoms with Crippen molar-refractivity contribution in [1.82, 2.24) is 25.1 Å². The van der Waals surface area contributed by atoms with Crippen LogP contribution in [0.5, 0.6) is 0 Å². The number of carbonyl (C=O) groups is 1. The van der Waals surface area contributed by atoms with Gasteiger partial charge in [-0.15, -0.1) is 10.2 Å². The lowest BCUT2D eigenvalue weighted by Crippen LogP contribution is -2.33. The van der Waals surface area contributed by atoms with Crippen molar-refractivity contribution in [1.29, 1.82) is 0 Å². The molecule has 0 spiro atoms. The highest BCUT2D eigenvalue weighted by molar-refractivity contribution is 5.66. The third-order valence-electron chi connectivity index (χ3n) is 3.39. The molecule has 0 atom stereocenters. The Morgan fingerprint density at radius 2 is 2.17 bits per heavy atom. The maximum Gasteiger partial charge on any atom is 0.303 e. The molecule has 1 saturated heterocycles. The quantitative estimate of drug-likeness (QED) is 0.811. The van der Waals surface area contributed by atoms with Crippen molar-refractivity contribution in [3.05, 3.63) is 5.82 Å². The Balaban J connectivity index is 1.71. The van der Waals surface area contributed by atoms with Crippen LogP contribution in [0, 0.1) is 5.92 Å². The van der Waals surface area contributed by atoms with Gasteiger partial charge in [0.25, 0.3) is 0 Å². The number of likely N-dealkylation sites (tertiary alicyclic amines) is 1. The van der Waals surface area contributed by atoms with Crippen LogP contribution in [-0.2, 0) is 18.4 Å². The molecule has 100 valence electrons. The van der Waals surface area contributed by atoms with Gasteiger partial charge < -0.3 is 5.11 Å². The first kappa shape index (κ1) is 12.9. The van der Waals surface area contributed by atoms with Crippen LogP contribution in [0.25, 0.3) is 0 Å². The van der Waals surface area contributed by atoms with Crippen LogP contribution < -0.4 is 0 Å². The fraction of sp³-hybridized carbons (Fsp3) is 0.818. The van der Waals surface area contributed by atoms with E-state index in [4.69, 9.17) is 5.11 Å². The smallest absolute Gasteiger partial charge is 0.303 e. The number of tetrazole rings is 1. The first-order chi connectivity index (χ1) is 8.63. The summed E-state index contributed by atoms with van der Waals surface area (Å²) >= 11 is 0. The van der Waals surface area contributed by atoms with Gasteiger partial charge in [-0.3, -0.25) is 9.69 Å². The van der Waals surface area contributed by atoms with Gasteiger partial charge in [0.05, 0.1) is 13.6 Å². The molecule has 0 radical (unpaired) electrons. The lowest BCUT2D eigenvalue weighted by atomic mass is 9.92. The summed E-state index contributed by atoms with van der Waals surface area (Å²) in [6.45, 7) is 2.71. The number of piperidine rings is 1. The predicted molar refractivity (Wildman–Crippen MR) is 63.7 cm³/mol. The molecule has 0 aliphatic carbocycles. The molecule has 1 fully saturated rings. The van der Waals surface area contributed by atoms with Gasteiger partial charge in [-0.2, -0.15) is 4.80 Å². The molecular weight excluding hydrogens is 234 g/mol. The highest BCUT2D eigenvalue weighted by Gasteiger charge is 2.20. The minimum Gasteiger partial charge on any atom is -0.481 e. The molecule has 0 bridgehead atoms. The highest BCUT2D eigenvalue weighted by Crippen LogP contribution is 2.22. The number of hydrogen-bond donors (Lipinski definition) is 1. The number of hydrogen-bond acceptors (Lipinski definition) is 5. The SMILES string of the molecule is Cn1nnc(CN2CCC(CCC(=O)O)CC2)n1. The van der Waals surface area contributed by atoms with Gasteiger partial charge in [0, 0.05) is 6.42 Å². The van der Waals surface area contributed by atoms with Gasteiger partial charge in [0.1, 0.15) is 0 Å². The van der Waals surface area contributed by atoms with Gasteiger partial charge in [0.2, 0.25) is 0 Å². The van der Waals surface area contributed by atoms with E-state index in [0.717, 1.165) is 44.7 Å². The summed E-state index contributed by atoms with van der Waals surface area (Å²) in [6, 6.07) is 0. The molecule has 7 nitrogen and oxygen atoms in total. The molecule has 0 amide bonds. The van der Waals surface area contributed by atoms with Crippen molar-refractivity contribution in [2.45, 2.75) is 32.2 Å². The van der Waals surface area contributed by atoms with E-state index < -0.39 is 5.97 Å². The van der Waals surface area contributed by atoms with E-state index in [9.17, 15) is 4.79 Å². The van der Waals surface area contributed by atoms with E-state index in [1.165, 1.54) is 4.80 Å². The number of aryl methyl sites for hydroxylation is 1. The normalized spacial score (nSPS) is 18.1. The van der Waals surface area contributed by atoms with Crippen LogP contribution in [0.15, 0.2) is 0 Å². The van der Waals surface area contributed by atoms with E-state index in [1.54, 1.807) is 7.05 Å². The first-order valence-electron chi connectivity index (χ1n) is 6.30. The van der Waals surface area contributed by atoms with Gasteiger partial charge in [-0.05, 0) is 43.5 Å². The summed E-state index contributed by atoms with van der Waals surface area (Å²) in [7, 11) is 1.76. The molecule has 2 rings (SSSR count). The third kappa shape index (κ3) is 3.76. The van der Waals surface area contributed by atoms with Crippen LogP contribution in [-0.4, -0.2) is 49.3 Å². The first-order valence-corrected chi connectivity index (χ1v) is 6.30. The monoisotopic (exact) mass is 253 g/mol. The predicted octanol–water partition coefficient (Wildman–Crippen LogP) is 0.287. The summed E-state index contributed by atoms with van der Waals surface area (Å²) in [4.78, 5) is 14.3. The van der Waals surface area contributed by atoms with Gasteiger partial charge >= 0.3 is 5.97 Å². The van der Waals surface area contributed by atoms with Gasteiger partial charge in [-0.25, -0.2) is 0 Å². The van der Waals surface area contributed by atoms with E-state index >= 15 is 0 Å². The molecule has 0 unspecified atom stereocenters.